The van der Waals surface area contributed by atoms with Crippen LogP contribution in [0.4, 0.5) is 0 Å². The third-order valence-electron chi connectivity index (χ3n) is 4.84. The molecule has 0 amide bonds. The van der Waals surface area contributed by atoms with Gasteiger partial charge < -0.3 is 9.47 Å². The zero-order valence-electron chi connectivity index (χ0n) is 13.9. The van der Waals surface area contributed by atoms with Crippen molar-refractivity contribution in [2.45, 2.75) is 69.7 Å². The average Bonchev–Trinajstić information content (AvgIpc) is 3.41. The summed E-state index contributed by atoms with van der Waals surface area (Å²) in [6.07, 6.45) is 9.23. The number of rotatable bonds is 11. The van der Waals surface area contributed by atoms with Crippen molar-refractivity contribution in [3.05, 3.63) is 29.8 Å². The predicted molar refractivity (Wildman–Crippen MR) is 93.4 cm³/mol. The van der Waals surface area contributed by atoms with Crippen LogP contribution >= 0.6 is 0 Å². The number of benzene rings is 1. The van der Waals surface area contributed by atoms with Crippen molar-refractivity contribution in [2.75, 3.05) is 13.2 Å². The molecule has 121 valence electrons. The summed E-state index contributed by atoms with van der Waals surface area (Å²) in [5.41, 5.74) is 1.51. The predicted octanol–water partition coefficient (Wildman–Crippen LogP) is 3.84. The SMILES string of the molecule is Cc1ccccc1[Si](CCCCC1CO1)CCCCC1CO1. The Morgan fingerprint density at radius 1 is 0.909 bits per heavy atom. The quantitative estimate of drug-likeness (QED) is 0.352. The molecule has 2 unspecified atom stereocenters. The van der Waals surface area contributed by atoms with Gasteiger partial charge in [-0.15, -0.1) is 0 Å². The lowest BCUT2D eigenvalue weighted by molar-refractivity contribution is 0.390. The second-order valence-electron chi connectivity index (χ2n) is 6.82. The number of aryl methyl sites for hydroxylation is 1. The van der Waals surface area contributed by atoms with E-state index < -0.39 is 0 Å². The van der Waals surface area contributed by atoms with E-state index >= 15 is 0 Å². The van der Waals surface area contributed by atoms with E-state index in [1.165, 1.54) is 56.2 Å². The van der Waals surface area contributed by atoms with Gasteiger partial charge in [-0.2, -0.15) is 0 Å². The van der Waals surface area contributed by atoms with Crippen molar-refractivity contribution in [3.63, 3.8) is 0 Å². The zero-order chi connectivity index (χ0) is 15.2. The van der Waals surface area contributed by atoms with Gasteiger partial charge in [0.15, 0.2) is 0 Å². The van der Waals surface area contributed by atoms with Crippen molar-refractivity contribution in [1.29, 1.82) is 0 Å². The van der Waals surface area contributed by atoms with Crippen LogP contribution in [0.2, 0.25) is 12.1 Å². The molecule has 2 atom stereocenters. The van der Waals surface area contributed by atoms with Crippen molar-refractivity contribution >= 4 is 14.0 Å². The van der Waals surface area contributed by atoms with E-state index in [-0.39, 0.29) is 8.80 Å². The lowest BCUT2D eigenvalue weighted by Crippen LogP contribution is -2.31. The molecule has 3 rings (SSSR count). The van der Waals surface area contributed by atoms with Crippen LogP contribution in [-0.2, 0) is 9.47 Å². The lowest BCUT2D eigenvalue weighted by Gasteiger charge is -2.17. The van der Waals surface area contributed by atoms with E-state index in [4.69, 9.17) is 9.47 Å². The van der Waals surface area contributed by atoms with E-state index in [0.717, 1.165) is 13.2 Å². The Balaban J connectivity index is 1.45. The van der Waals surface area contributed by atoms with Crippen LogP contribution in [0, 0.1) is 6.92 Å². The Hall–Kier alpha value is -0.643. The highest BCUT2D eigenvalue weighted by atomic mass is 28.3. The van der Waals surface area contributed by atoms with Crippen molar-refractivity contribution in [3.8, 4) is 0 Å². The van der Waals surface area contributed by atoms with Gasteiger partial charge in [0.05, 0.1) is 34.2 Å². The van der Waals surface area contributed by atoms with Gasteiger partial charge in [-0.1, -0.05) is 72.8 Å². The summed E-state index contributed by atoms with van der Waals surface area (Å²) in [5.74, 6) is 0. The molecule has 2 fully saturated rings. The van der Waals surface area contributed by atoms with Gasteiger partial charge in [-0.3, -0.25) is 0 Å². The molecule has 1 aromatic rings. The van der Waals surface area contributed by atoms with Gasteiger partial charge >= 0.3 is 0 Å². The maximum Gasteiger partial charge on any atom is 0.0860 e. The van der Waals surface area contributed by atoms with Crippen LogP contribution in [-0.4, -0.2) is 34.2 Å². The maximum absolute atomic E-state index is 5.32. The summed E-state index contributed by atoms with van der Waals surface area (Å²) < 4.78 is 10.6. The minimum Gasteiger partial charge on any atom is -0.373 e. The normalized spacial score (nSPS) is 23.0. The van der Waals surface area contributed by atoms with Crippen LogP contribution in [0.5, 0.6) is 0 Å². The van der Waals surface area contributed by atoms with Crippen LogP contribution in [0.1, 0.15) is 44.1 Å². The molecule has 0 spiro atoms. The highest BCUT2D eigenvalue weighted by Gasteiger charge is 2.23. The average molecular weight is 318 g/mol. The first kappa shape index (κ1) is 16.2. The molecule has 1 radical (unpaired) electrons. The fourth-order valence-electron chi connectivity index (χ4n) is 3.25. The lowest BCUT2D eigenvalue weighted by atomic mass is 10.2. The molecule has 22 heavy (non-hydrogen) atoms. The van der Waals surface area contributed by atoms with E-state index in [2.05, 4.69) is 31.2 Å². The number of epoxide rings is 2. The molecule has 0 bridgehead atoms. The second kappa shape index (κ2) is 8.28. The summed E-state index contributed by atoms with van der Waals surface area (Å²) >= 11 is 0. The standard InChI is InChI=1S/C19H29O2Si/c1-16-8-2-3-11-19(16)22(12-6-4-9-17-14-20-17)13-7-5-10-18-15-21-18/h2-3,8,11,17-18H,4-7,9-10,12-15H2,1H3. The van der Waals surface area contributed by atoms with E-state index in [1.807, 2.05) is 0 Å². The highest BCUT2D eigenvalue weighted by molar-refractivity contribution is 6.73. The molecule has 2 saturated heterocycles. The number of ether oxygens (including phenoxy) is 2. The first-order chi connectivity index (χ1) is 10.8. The van der Waals surface area contributed by atoms with Gasteiger partial charge in [0.25, 0.3) is 0 Å². The van der Waals surface area contributed by atoms with Crippen LogP contribution in [0.25, 0.3) is 0 Å². The fourth-order valence-corrected chi connectivity index (χ4v) is 6.37. The summed E-state index contributed by atoms with van der Waals surface area (Å²) in [5, 5.41) is 1.68. The number of hydrogen-bond acceptors (Lipinski definition) is 2. The highest BCUT2D eigenvalue weighted by Crippen LogP contribution is 2.21. The smallest absolute Gasteiger partial charge is 0.0860 e. The van der Waals surface area contributed by atoms with E-state index in [1.54, 1.807) is 5.19 Å². The summed E-state index contributed by atoms with van der Waals surface area (Å²) in [4.78, 5) is 0. The number of hydrogen-bond donors (Lipinski definition) is 0. The minimum absolute atomic E-state index is 0.389. The van der Waals surface area contributed by atoms with Crippen molar-refractivity contribution in [1.82, 2.24) is 0 Å². The molecular formula is C19H29O2Si. The van der Waals surface area contributed by atoms with Gasteiger partial charge in [-0.05, 0) is 19.8 Å². The summed E-state index contributed by atoms with van der Waals surface area (Å²) in [6, 6.07) is 11.9. The zero-order valence-corrected chi connectivity index (χ0v) is 14.9. The second-order valence-corrected chi connectivity index (χ2v) is 9.57. The molecule has 2 heterocycles. The summed E-state index contributed by atoms with van der Waals surface area (Å²) in [7, 11) is -0.389. The molecular weight excluding hydrogens is 288 g/mol. The fraction of sp³-hybridized carbons (Fsp3) is 0.684. The maximum atomic E-state index is 5.32. The van der Waals surface area contributed by atoms with Gasteiger partial charge in [0.1, 0.15) is 0 Å². The first-order valence-electron chi connectivity index (χ1n) is 8.97. The molecule has 3 heteroatoms. The first-order valence-corrected chi connectivity index (χ1v) is 10.9. The minimum atomic E-state index is -0.389. The Morgan fingerprint density at radius 3 is 1.95 bits per heavy atom. The van der Waals surface area contributed by atoms with E-state index in [9.17, 15) is 0 Å². The molecule has 0 N–H and O–H groups in total. The molecule has 2 aliphatic rings. The van der Waals surface area contributed by atoms with Gasteiger partial charge in [0.2, 0.25) is 0 Å². The Morgan fingerprint density at radius 2 is 1.45 bits per heavy atom. The molecule has 0 aromatic heterocycles. The summed E-state index contributed by atoms with van der Waals surface area (Å²) in [6.45, 7) is 4.31. The van der Waals surface area contributed by atoms with E-state index in [0.29, 0.717) is 12.2 Å². The van der Waals surface area contributed by atoms with Crippen molar-refractivity contribution < 1.29 is 9.47 Å². The van der Waals surface area contributed by atoms with Crippen LogP contribution < -0.4 is 5.19 Å². The molecule has 2 nitrogen and oxygen atoms in total. The molecule has 2 aliphatic heterocycles. The monoisotopic (exact) mass is 317 g/mol. The van der Waals surface area contributed by atoms with Crippen LogP contribution in [0.3, 0.4) is 0 Å². The van der Waals surface area contributed by atoms with Crippen LogP contribution in [0.15, 0.2) is 24.3 Å². The Bertz CT molecular complexity index is 435. The number of unbranched alkanes of at least 4 members (excludes halogenated alkanes) is 2. The third-order valence-corrected chi connectivity index (χ3v) is 8.08. The molecule has 1 aromatic carbocycles. The van der Waals surface area contributed by atoms with Gasteiger partial charge in [-0.25, -0.2) is 0 Å². The largest absolute Gasteiger partial charge is 0.373 e. The molecule has 0 aliphatic carbocycles. The van der Waals surface area contributed by atoms with Crippen molar-refractivity contribution in [2.24, 2.45) is 0 Å². The van der Waals surface area contributed by atoms with Gasteiger partial charge in [0, 0.05) is 0 Å². The third kappa shape index (κ3) is 5.53. The Kier molecular flexibility index (Phi) is 6.10. The molecule has 0 saturated carbocycles. The topological polar surface area (TPSA) is 25.1 Å². The Labute approximate surface area is 136 Å².